The number of carbonyl (C=O) groups excluding carboxylic acids is 1. The molecular formula is C17H21NO2S. The molecule has 1 unspecified atom stereocenters. The summed E-state index contributed by atoms with van der Waals surface area (Å²) in [5, 5.41) is 3.05. The van der Waals surface area contributed by atoms with Crippen molar-refractivity contribution in [2.75, 3.05) is 6.61 Å². The Bertz CT molecular complexity index is 565. The molecule has 0 fully saturated rings. The van der Waals surface area contributed by atoms with Gasteiger partial charge in [0.15, 0.2) is 0 Å². The van der Waals surface area contributed by atoms with E-state index in [1.54, 1.807) is 11.3 Å². The third-order valence-corrected chi connectivity index (χ3v) is 4.17. The Balaban J connectivity index is 2.08. The van der Waals surface area contributed by atoms with Crippen molar-refractivity contribution in [3.8, 4) is 11.3 Å². The van der Waals surface area contributed by atoms with Crippen molar-refractivity contribution >= 4 is 17.3 Å². The van der Waals surface area contributed by atoms with Gasteiger partial charge in [0.1, 0.15) is 0 Å². The van der Waals surface area contributed by atoms with E-state index in [1.165, 1.54) is 0 Å². The van der Waals surface area contributed by atoms with E-state index in [0.717, 1.165) is 29.1 Å². The first-order valence-corrected chi connectivity index (χ1v) is 8.29. The van der Waals surface area contributed by atoms with Gasteiger partial charge in [-0.05, 0) is 13.3 Å². The third-order valence-electron chi connectivity index (χ3n) is 3.30. The molecule has 0 saturated heterocycles. The summed E-state index contributed by atoms with van der Waals surface area (Å²) in [6, 6.07) is 10.1. The SMILES string of the molecule is CCCC(Cc1nc(-c2ccccc2)cs1)C(=O)OCC. The van der Waals surface area contributed by atoms with Crippen LogP contribution in [0.1, 0.15) is 31.7 Å². The fourth-order valence-electron chi connectivity index (χ4n) is 2.27. The van der Waals surface area contributed by atoms with Crippen LogP contribution in [0.2, 0.25) is 0 Å². The van der Waals surface area contributed by atoms with E-state index in [9.17, 15) is 4.79 Å². The smallest absolute Gasteiger partial charge is 0.309 e. The summed E-state index contributed by atoms with van der Waals surface area (Å²) in [5.74, 6) is -0.180. The Labute approximate surface area is 130 Å². The molecular weight excluding hydrogens is 282 g/mol. The summed E-state index contributed by atoms with van der Waals surface area (Å²) in [6.07, 6.45) is 2.49. The number of hydrogen-bond donors (Lipinski definition) is 0. The summed E-state index contributed by atoms with van der Waals surface area (Å²) < 4.78 is 5.16. The lowest BCUT2D eigenvalue weighted by Crippen LogP contribution is -2.20. The standard InChI is InChI=1S/C17H21NO2S/c1-3-8-14(17(19)20-4-2)11-16-18-15(12-21-16)13-9-6-5-7-10-13/h5-7,9-10,12,14H,3-4,8,11H2,1-2H3. The van der Waals surface area contributed by atoms with E-state index in [1.807, 2.05) is 37.3 Å². The molecule has 1 aromatic carbocycles. The van der Waals surface area contributed by atoms with Gasteiger partial charge in [-0.15, -0.1) is 11.3 Å². The van der Waals surface area contributed by atoms with Crippen molar-refractivity contribution in [1.82, 2.24) is 4.98 Å². The molecule has 2 aromatic rings. The molecule has 0 saturated carbocycles. The summed E-state index contributed by atoms with van der Waals surface area (Å²) in [7, 11) is 0. The Hall–Kier alpha value is -1.68. The van der Waals surface area contributed by atoms with Gasteiger partial charge in [-0.2, -0.15) is 0 Å². The number of thiazole rings is 1. The molecule has 112 valence electrons. The highest BCUT2D eigenvalue weighted by molar-refractivity contribution is 7.09. The molecule has 1 atom stereocenters. The van der Waals surface area contributed by atoms with Crippen LogP contribution in [0.4, 0.5) is 0 Å². The lowest BCUT2D eigenvalue weighted by molar-refractivity contribution is -0.148. The Morgan fingerprint density at radius 2 is 2.05 bits per heavy atom. The Morgan fingerprint density at radius 1 is 1.29 bits per heavy atom. The molecule has 0 spiro atoms. The minimum absolute atomic E-state index is 0.0790. The summed E-state index contributed by atoms with van der Waals surface area (Å²) in [6.45, 7) is 4.37. The van der Waals surface area contributed by atoms with Crippen LogP contribution >= 0.6 is 11.3 Å². The minimum Gasteiger partial charge on any atom is -0.466 e. The maximum atomic E-state index is 12.0. The summed E-state index contributed by atoms with van der Waals surface area (Å²) in [4.78, 5) is 16.6. The van der Waals surface area contributed by atoms with Crippen molar-refractivity contribution < 1.29 is 9.53 Å². The van der Waals surface area contributed by atoms with Crippen LogP contribution in [0.5, 0.6) is 0 Å². The molecule has 2 rings (SSSR count). The maximum absolute atomic E-state index is 12.0. The number of aromatic nitrogens is 1. The molecule has 0 radical (unpaired) electrons. The van der Waals surface area contributed by atoms with Gasteiger partial charge in [0.05, 0.1) is 23.2 Å². The highest BCUT2D eigenvalue weighted by Gasteiger charge is 2.21. The van der Waals surface area contributed by atoms with E-state index in [4.69, 9.17) is 4.74 Å². The second-order valence-corrected chi connectivity index (χ2v) is 5.88. The van der Waals surface area contributed by atoms with Gasteiger partial charge >= 0.3 is 5.97 Å². The van der Waals surface area contributed by atoms with Gasteiger partial charge < -0.3 is 4.74 Å². The van der Waals surface area contributed by atoms with Crippen LogP contribution in [0.3, 0.4) is 0 Å². The van der Waals surface area contributed by atoms with Crippen LogP contribution in [0, 0.1) is 5.92 Å². The second kappa shape index (κ2) is 7.93. The zero-order valence-corrected chi connectivity index (χ0v) is 13.4. The monoisotopic (exact) mass is 303 g/mol. The lowest BCUT2D eigenvalue weighted by atomic mass is 10.0. The predicted molar refractivity (Wildman–Crippen MR) is 86.3 cm³/mol. The van der Waals surface area contributed by atoms with Gasteiger partial charge in [0.2, 0.25) is 0 Å². The number of hydrogen-bond acceptors (Lipinski definition) is 4. The topological polar surface area (TPSA) is 39.2 Å². The van der Waals surface area contributed by atoms with Crippen LogP contribution in [0.25, 0.3) is 11.3 Å². The number of nitrogens with zero attached hydrogens (tertiary/aromatic N) is 1. The van der Waals surface area contributed by atoms with Crippen molar-refractivity contribution in [2.45, 2.75) is 33.1 Å². The lowest BCUT2D eigenvalue weighted by Gasteiger charge is -2.12. The number of ether oxygens (including phenoxy) is 1. The van der Waals surface area contributed by atoms with Crippen molar-refractivity contribution in [3.63, 3.8) is 0 Å². The molecule has 3 nitrogen and oxygen atoms in total. The van der Waals surface area contributed by atoms with Crippen LogP contribution in [-0.4, -0.2) is 17.6 Å². The Kier molecular flexibility index (Phi) is 5.93. The van der Waals surface area contributed by atoms with Crippen LogP contribution in [-0.2, 0) is 16.0 Å². The Morgan fingerprint density at radius 3 is 2.71 bits per heavy atom. The average molecular weight is 303 g/mol. The molecule has 0 bridgehead atoms. The number of esters is 1. The number of benzene rings is 1. The first-order chi connectivity index (χ1) is 10.2. The fraction of sp³-hybridized carbons (Fsp3) is 0.412. The molecule has 0 N–H and O–H groups in total. The van der Waals surface area contributed by atoms with Crippen molar-refractivity contribution in [3.05, 3.63) is 40.7 Å². The zero-order valence-electron chi connectivity index (χ0n) is 12.5. The van der Waals surface area contributed by atoms with E-state index < -0.39 is 0 Å². The molecule has 21 heavy (non-hydrogen) atoms. The van der Waals surface area contributed by atoms with Gasteiger partial charge in [-0.25, -0.2) is 4.98 Å². The van der Waals surface area contributed by atoms with Crippen molar-refractivity contribution in [2.24, 2.45) is 5.92 Å². The highest BCUT2D eigenvalue weighted by atomic mass is 32.1. The second-order valence-electron chi connectivity index (χ2n) is 4.93. The van der Waals surface area contributed by atoms with E-state index in [0.29, 0.717) is 13.0 Å². The first kappa shape index (κ1) is 15.7. The van der Waals surface area contributed by atoms with E-state index in [-0.39, 0.29) is 11.9 Å². The maximum Gasteiger partial charge on any atom is 0.309 e. The third kappa shape index (κ3) is 4.39. The quantitative estimate of drug-likeness (QED) is 0.715. The van der Waals surface area contributed by atoms with Gasteiger partial charge in [-0.3, -0.25) is 4.79 Å². The molecule has 4 heteroatoms. The normalized spacial score (nSPS) is 12.1. The molecule has 0 aliphatic heterocycles. The van der Waals surface area contributed by atoms with Crippen molar-refractivity contribution in [1.29, 1.82) is 0 Å². The van der Waals surface area contributed by atoms with Gasteiger partial charge in [0, 0.05) is 17.4 Å². The largest absolute Gasteiger partial charge is 0.466 e. The number of carbonyl (C=O) groups is 1. The predicted octanol–water partition coefficient (Wildman–Crippen LogP) is 4.33. The zero-order chi connectivity index (χ0) is 15.1. The molecule has 0 amide bonds. The minimum atomic E-state index is -0.101. The van der Waals surface area contributed by atoms with E-state index in [2.05, 4.69) is 17.3 Å². The molecule has 1 heterocycles. The fourth-order valence-corrected chi connectivity index (χ4v) is 3.15. The molecule has 1 aromatic heterocycles. The van der Waals surface area contributed by atoms with Gasteiger partial charge in [0.25, 0.3) is 0 Å². The number of rotatable bonds is 7. The summed E-state index contributed by atoms with van der Waals surface area (Å²) >= 11 is 1.62. The molecule has 0 aliphatic rings. The van der Waals surface area contributed by atoms with Crippen LogP contribution < -0.4 is 0 Å². The van der Waals surface area contributed by atoms with Gasteiger partial charge in [-0.1, -0.05) is 43.7 Å². The summed E-state index contributed by atoms with van der Waals surface area (Å²) in [5.41, 5.74) is 2.10. The first-order valence-electron chi connectivity index (χ1n) is 7.41. The van der Waals surface area contributed by atoms with Crippen LogP contribution in [0.15, 0.2) is 35.7 Å². The van der Waals surface area contributed by atoms with E-state index >= 15 is 0 Å². The molecule has 0 aliphatic carbocycles. The average Bonchev–Trinajstić information content (AvgIpc) is 2.96. The highest BCUT2D eigenvalue weighted by Crippen LogP contribution is 2.24.